The third-order valence-electron chi connectivity index (χ3n) is 3.05. The van der Waals surface area contributed by atoms with Gasteiger partial charge in [-0.05, 0) is 21.6 Å². The fourth-order valence-corrected chi connectivity index (χ4v) is 5.29. The van der Waals surface area contributed by atoms with Gasteiger partial charge in [-0.15, -0.1) is 0 Å². The molecule has 1 aromatic heterocycles. The van der Waals surface area contributed by atoms with Crippen LogP contribution in [0.3, 0.4) is 0 Å². The molecule has 0 spiro atoms. The molecule has 0 aliphatic rings. The maximum atomic E-state index is 14.4. The molecule has 1 heterocycles. The standard InChI is InChI=1S/C12H19FN2OSi2/c1-17(2,3)9-7-8(13)12(18(4,5)6)11-10(9)14-16-15-11/h7H,1-6H3. The molecule has 6 heteroatoms. The molecule has 0 fully saturated rings. The smallest absolute Gasteiger partial charge is 0.137 e. The highest BCUT2D eigenvalue weighted by Gasteiger charge is 2.31. The van der Waals surface area contributed by atoms with Crippen LogP contribution in [-0.4, -0.2) is 26.5 Å². The molecule has 0 N–H and O–H groups in total. The van der Waals surface area contributed by atoms with Crippen LogP contribution in [0.4, 0.5) is 4.39 Å². The van der Waals surface area contributed by atoms with Crippen LogP contribution in [-0.2, 0) is 0 Å². The summed E-state index contributed by atoms with van der Waals surface area (Å²) in [6.07, 6.45) is 0. The average molecular weight is 282 g/mol. The number of rotatable bonds is 2. The lowest BCUT2D eigenvalue weighted by Gasteiger charge is -2.22. The first-order valence-corrected chi connectivity index (χ1v) is 13.1. The zero-order valence-electron chi connectivity index (χ0n) is 11.8. The molecule has 1 aromatic carbocycles. The second kappa shape index (κ2) is 3.99. The van der Waals surface area contributed by atoms with E-state index in [0.29, 0.717) is 5.52 Å². The maximum absolute atomic E-state index is 14.4. The zero-order chi connectivity index (χ0) is 13.7. The molecule has 98 valence electrons. The molecule has 2 aromatic rings. The van der Waals surface area contributed by atoms with Gasteiger partial charge >= 0.3 is 0 Å². The van der Waals surface area contributed by atoms with Gasteiger partial charge in [0.15, 0.2) is 0 Å². The molecule has 2 rings (SSSR count). The van der Waals surface area contributed by atoms with Crippen molar-refractivity contribution in [2.45, 2.75) is 39.3 Å². The molecular formula is C12H19FN2OSi2. The number of aromatic nitrogens is 2. The predicted molar refractivity (Wildman–Crippen MR) is 77.7 cm³/mol. The van der Waals surface area contributed by atoms with Crippen LogP contribution in [0.5, 0.6) is 0 Å². The Labute approximate surface area is 108 Å². The Kier molecular flexibility index (Phi) is 2.98. The summed E-state index contributed by atoms with van der Waals surface area (Å²) in [6.45, 7) is 12.8. The number of hydrogen-bond donors (Lipinski definition) is 0. The van der Waals surface area contributed by atoms with E-state index in [-0.39, 0.29) is 5.82 Å². The van der Waals surface area contributed by atoms with Gasteiger partial charge in [0.05, 0.1) is 16.1 Å². The van der Waals surface area contributed by atoms with Gasteiger partial charge in [-0.25, -0.2) is 9.02 Å². The molecule has 0 aliphatic heterocycles. The summed E-state index contributed by atoms with van der Waals surface area (Å²) in [5.74, 6) is -0.144. The van der Waals surface area contributed by atoms with Crippen LogP contribution < -0.4 is 10.4 Å². The Bertz CT molecular complexity index is 596. The topological polar surface area (TPSA) is 38.9 Å². The van der Waals surface area contributed by atoms with E-state index in [1.807, 2.05) is 0 Å². The largest absolute Gasteiger partial charge is 0.243 e. The normalized spacial score (nSPS) is 13.3. The number of fused-ring (bicyclic) bond motifs is 1. The van der Waals surface area contributed by atoms with Crippen LogP contribution in [0.1, 0.15) is 0 Å². The SMILES string of the molecule is C[Si](C)(C)c1cc(F)c([Si](C)(C)C)c2nonc12. The molecule has 0 amide bonds. The number of halogens is 1. The lowest BCUT2D eigenvalue weighted by Crippen LogP contribution is -2.45. The van der Waals surface area contributed by atoms with E-state index in [0.717, 1.165) is 15.9 Å². The predicted octanol–water partition coefficient (Wildman–Crippen LogP) is 2.45. The molecular weight excluding hydrogens is 263 g/mol. The fraction of sp³-hybridized carbons (Fsp3) is 0.500. The quantitative estimate of drug-likeness (QED) is 0.794. The zero-order valence-corrected chi connectivity index (χ0v) is 13.8. The molecule has 0 bridgehead atoms. The first kappa shape index (κ1) is 13.4. The molecule has 0 saturated heterocycles. The van der Waals surface area contributed by atoms with E-state index in [9.17, 15) is 4.39 Å². The van der Waals surface area contributed by atoms with Crippen molar-refractivity contribution in [3.8, 4) is 0 Å². The summed E-state index contributed by atoms with van der Waals surface area (Å²) in [4.78, 5) is 0. The summed E-state index contributed by atoms with van der Waals surface area (Å²) >= 11 is 0. The fourth-order valence-electron chi connectivity index (χ4n) is 2.19. The van der Waals surface area contributed by atoms with Crippen molar-refractivity contribution in [2.24, 2.45) is 0 Å². The molecule has 0 radical (unpaired) electrons. The highest BCUT2D eigenvalue weighted by Crippen LogP contribution is 2.17. The Morgan fingerprint density at radius 1 is 0.944 bits per heavy atom. The van der Waals surface area contributed by atoms with Gasteiger partial charge in [-0.1, -0.05) is 39.3 Å². The Balaban J connectivity index is 2.87. The van der Waals surface area contributed by atoms with E-state index < -0.39 is 16.1 Å². The minimum Gasteiger partial charge on any atom is -0.243 e. The second-order valence-corrected chi connectivity index (χ2v) is 16.8. The first-order chi connectivity index (χ1) is 8.12. The van der Waals surface area contributed by atoms with Crippen molar-refractivity contribution in [3.05, 3.63) is 11.9 Å². The van der Waals surface area contributed by atoms with Gasteiger partial charge < -0.3 is 0 Å². The lowest BCUT2D eigenvalue weighted by atomic mass is 10.3. The number of hydrogen-bond acceptors (Lipinski definition) is 3. The van der Waals surface area contributed by atoms with Crippen molar-refractivity contribution in [2.75, 3.05) is 0 Å². The summed E-state index contributed by atoms with van der Waals surface area (Å²) < 4.78 is 19.3. The van der Waals surface area contributed by atoms with E-state index in [1.165, 1.54) is 0 Å². The lowest BCUT2D eigenvalue weighted by molar-refractivity contribution is 0.316. The highest BCUT2D eigenvalue weighted by molar-refractivity contribution is 6.92. The average Bonchev–Trinajstić information content (AvgIpc) is 2.60. The molecule has 18 heavy (non-hydrogen) atoms. The van der Waals surface area contributed by atoms with Gasteiger partial charge in [-0.2, -0.15) is 0 Å². The highest BCUT2D eigenvalue weighted by atomic mass is 28.3. The molecule has 0 aliphatic carbocycles. The van der Waals surface area contributed by atoms with Crippen molar-refractivity contribution in [1.82, 2.24) is 10.3 Å². The van der Waals surface area contributed by atoms with Gasteiger partial charge in [-0.3, -0.25) is 0 Å². The molecule has 0 atom stereocenters. The minimum atomic E-state index is -1.81. The second-order valence-electron chi connectivity index (χ2n) is 6.74. The van der Waals surface area contributed by atoms with Gasteiger partial charge in [0.25, 0.3) is 0 Å². The summed E-state index contributed by atoms with van der Waals surface area (Å²) in [6, 6.07) is 1.66. The number of nitrogens with zero attached hydrogens (tertiary/aromatic N) is 2. The van der Waals surface area contributed by atoms with Crippen LogP contribution >= 0.6 is 0 Å². The monoisotopic (exact) mass is 282 g/mol. The molecule has 0 saturated carbocycles. The Hall–Kier alpha value is -1.02. The Morgan fingerprint density at radius 3 is 2.00 bits per heavy atom. The Morgan fingerprint density at radius 2 is 1.50 bits per heavy atom. The minimum absolute atomic E-state index is 0.144. The first-order valence-electron chi connectivity index (χ1n) is 6.08. The summed E-state index contributed by atoms with van der Waals surface area (Å²) in [5.41, 5.74) is 1.39. The van der Waals surface area contributed by atoms with Crippen molar-refractivity contribution in [1.29, 1.82) is 0 Å². The summed E-state index contributed by atoms with van der Waals surface area (Å²) in [7, 11) is -3.47. The van der Waals surface area contributed by atoms with Crippen molar-refractivity contribution >= 4 is 37.6 Å². The third-order valence-corrected chi connectivity index (χ3v) is 7.02. The van der Waals surface area contributed by atoms with Crippen molar-refractivity contribution < 1.29 is 9.02 Å². The molecule has 3 nitrogen and oxygen atoms in total. The van der Waals surface area contributed by atoms with E-state index in [4.69, 9.17) is 4.63 Å². The maximum Gasteiger partial charge on any atom is 0.137 e. The van der Waals surface area contributed by atoms with Crippen molar-refractivity contribution in [3.63, 3.8) is 0 Å². The van der Waals surface area contributed by atoms with Crippen LogP contribution in [0.25, 0.3) is 11.0 Å². The van der Waals surface area contributed by atoms with Crippen LogP contribution in [0.2, 0.25) is 39.3 Å². The van der Waals surface area contributed by atoms with E-state index in [2.05, 4.69) is 49.6 Å². The van der Waals surface area contributed by atoms with Gasteiger partial charge in [0.2, 0.25) is 0 Å². The van der Waals surface area contributed by atoms with Crippen LogP contribution in [0, 0.1) is 5.82 Å². The van der Waals surface area contributed by atoms with Crippen LogP contribution in [0.15, 0.2) is 10.7 Å². The van der Waals surface area contributed by atoms with Gasteiger partial charge in [0.1, 0.15) is 16.9 Å². The van der Waals surface area contributed by atoms with E-state index in [1.54, 1.807) is 6.07 Å². The van der Waals surface area contributed by atoms with E-state index >= 15 is 0 Å². The molecule has 0 unspecified atom stereocenters. The third kappa shape index (κ3) is 2.14. The van der Waals surface area contributed by atoms with Gasteiger partial charge in [0, 0.05) is 5.19 Å². The number of benzene rings is 1. The summed E-state index contributed by atoms with van der Waals surface area (Å²) in [5, 5.41) is 9.66.